The summed E-state index contributed by atoms with van der Waals surface area (Å²) in [7, 11) is 0. The summed E-state index contributed by atoms with van der Waals surface area (Å²) in [5, 5.41) is 0. The molecule has 0 aromatic carbocycles. The molecule has 0 aromatic heterocycles. The molecular weight excluding hydrogens is 172 g/mol. The van der Waals surface area contributed by atoms with E-state index in [4.69, 9.17) is 0 Å². The molecule has 13 heavy (non-hydrogen) atoms. The third kappa shape index (κ3) is 6.02. The standard InChI is InChI=1S/C9H14O4/c1-3-7(10)5-8(11)6-9(12)13-4-2/h3-6H2,1-2H3. The highest BCUT2D eigenvalue weighted by molar-refractivity contribution is 6.05. The smallest absolute Gasteiger partial charge is 0.313 e. The number of rotatable bonds is 6. The molecule has 0 rings (SSSR count). The van der Waals surface area contributed by atoms with Crippen molar-refractivity contribution in [2.45, 2.75) is 33.1 Å². The monoisotopic (exact) mass is 186 g/mol. The Labute approximate surface area is 77.3 Å². The molecule has 0 radical (unpaired) electrons. The van der Waals surface area contributed by atoms with Gasteiger partial charge in [-0.25, -0.2) is 0 Å². The van der Waals surface area contributed by atoms with Crippen LogP contribution in [-0.2, 0) is 19.1 Å². The summed E-state index contributed by atoms with van der Waals surface area (Å²) in [5.74, 6) is -1.07. The Bertz CT molecular complexity index is 208. The highest BCUT2D eigenvalue weighted by Crippen LogP contribution is 1.96. The Morgan fingerprint density at radius 1 is 1.00 bits per heavy atom. The van der Waals surface area contributed by atoms with E-state index in [0.717, 1.165) is 0 Å². The van der Waals surface area contributed by atoms with Crippen LogP contribution in [-0.4, -0.2) is 24.1 Å². The Morgan fingerprint density at radius 2 is 1.62 bits per heavy atom. The van der Waals surface area contributed by atoms with Crippen LogP contribution in [0.15, 0.2) is 0 Å². The molecule has 0 fully saturated rings. The van der Waals surface area contributed by atoms with Crippen LogP contribution in [0.3, 0.4) is 0 Å². The van der Waals surface area contributed by atoms with Crippen molar-refractivity contribution in [1.82, 2.24) is 0 Å². The van der Waals surface area contributed by atoms with Gasteiger partial charge in [0.25, 0.3) is 0 Å². The normalized spacial score (nSPS) is 9.38. The van der Waals surface area contributed by atoms with E-state index in [1.54, 1.807) is 13.8 Å². The van der Waals surface area contributed by atoms with Gasteiger partial charge in [0.2, 0.25) is 0 Å². The summed E-state index contributed by atoms with van der Waals surface area (Å²) >= 11 is 0. The number of ether oxygens (including phenoxy) is 1. The second-order valence-corrected chi connectivity index (χ2v) is 2.59. The van der Waals surface area contributed by atoms with Gasteiger partial charge < -0.3 is 4.74 Å². The lowest BCUT2D eigenvalue weighted by Crippen LogP contribution is -2.14. The average Bonchev–Trinajstić information content (AvgIpc) is 2.04. The van der Waals surface area contributed by atoms with Gasteiger partial charge in [0.05, 0.1) is 13.0 Å². The lowest BCUT2D eigenvalue weighted by Gasteiger charge is -1.99. The first-order chi connectivity index (χ1) is 6.10. The van der Waals surface area contributed by atoms with E-state index in [2.05, 4.69) is 4.74 Å². The largest absolute Gasteiger partial charge is 0.466 e. The lowest BCUT2D eigenvalue weighted by molar-refractivity contribution is -0.145. The van der Waals surface area contributed by atoms with Gasteiger partial charge in [-0.2, -0.15) is 0 Å². The summed E-state index contributed by atoms with van der Waals surface area (Å²) in [6.45, 7) is 3.60. The maximum atomic E-state index is 11.0. The average molecular weight is 186 g/mol. The van der Waals surface area contributed by atoms with Crippen molar-refractivity contribution in [3.05, 3.63) is 0 Å². The van der Waals surface area contributed by atoms with E-state index in [1.165, 1.54) is 0 Å². The minimum absolute atomic E-state index is 0.144. The molecule has 0 aliphatic heterocycles. The maximum absolute atomic E-state index is 11.0. The maximum Gasteiger partial charge on any atom is 0.313 e. The van der Waals surface area contributed by atoms with Gasteiger partial charge >= 0.3 is 5.97 Å². The van der Waals surface area contributed by atoms with Crippen molar-refractivity contribution in [2.75, 3.05) is 6.61 Å². The molecule has 4 nitrogen and oxygen atoms in total. The van der Waals surface area contributed by atoms with Crippen LogP contribution < -0.4 is 0 Å². The third-order valence-electron chi connectivity index (χ3n) is 1.44. The first kappa shape index (κ1) is 11.8. The number of hydrogen-bond donors (Lipinski definition) is 0. The molecule has 0 aliphatic carbocycles. The second kappa shape index (κ2) is 6.34. The van der Waals surface area contributed by atoms with Crippen LogP contribution in [0.2, 0.25) is 0 Å². The second-order valence-electron chi connectivity index (χ2n) is 2.59. The fraction of sp³-hybridized carbons (Fsp3) is 0.667. The number of hydrogen-bond acceptors (Lipinski definition) is 4. The molecule has 4 heteroatoms. The van der Waals surface area contributed by atoms with Gasteiger partial charge in [0.15, 0.2) is 5.78 Å². The summed E-state index contributed by atoms with van der Waals surface area (Å²) < 4.78 is 4.56. The van der Waals surface area contributed by atoms with E-state index < -0.39 is 5.97 Å². The van der Waals surface area contributed by atoms with Crippen molar-refractivity contribution >= 4 is 17.5 Å². The van der Waals surface area contributed by atoms with Crippen molar-refractivity contribution in [1.29, 1.82) is 0 Å². The Hall–Kier alpha value is -1.19. The van der Waals surface area contributed by atoms with Crippen molar-refractivity contribution in [3.8, 4) is 0 Å². The summed E-state index contributed by atoms with van der Waals surface area (Å²) in [6, 6.07) is 0. The molecule has 0 aliphatic rings. The van der Waals surface area contributed by atoms with Crippen LogP contribution in [0.5, 0.6) is 0 Å². The van der Waals surface area contributed by atoms with E-state index in [0.29, 0.717) is 6.42 Å². The quantitative estimate of drug-likeness (QED) is 0.456. The molecule has 0 saturated carbocycles. The van der Waals surface area contributed by atoms with Crippen LogP contribution in [0, 0.1) is 0 Å². The zero-order valence-corrected chi connectivity index (χ0v) is 7.96. The Balaban J connectivity index is 3.74. The predicted octanol–water partition coefficient (Wildman–Crippen LogP) is 0.878. The molecule has 0 bridgehead atoms. The van der Waals surface area contributed by atoms with E-state index in [-0.39, 0.29) is 31.0 Å². The molecule has 74 valence electrons. The Morgan fingerprint density at radius 3 is 2.08 bits per heavy atom. The molecule has 0 N–H and O–H groups in total. The third-order valence-corrected chi connectivity index (χ3v) is 1.44. The van der Waals surface area contributed by atoms with Gasteiger partial charge in [-0.05, 0) is 6.92 Å². The van der Waals surface area contributed by atoms with Gasteiger partial charge in [0.1, 0.15) is 12.2 Å². The van der Waals surface area contributed by atoms with Gasteiger partial charge in [0, 0.05) is 6.42 Å². The van der Waals surface area contributed by atoms with Crippen LogP contribution in [0.25, 0.3) is 0 Å². The zero-order chi connectivity index (χ0) is 10.3. The number of ketones is 2. The van der Waals surface area contributed by atoms with E-state index in [1.807, 2.05) is 0 Å². The zero-order valence-electron chi connectivity index (χ0n) is 7.96. The molecule has 0 amide bonds. The fourth-order valence-corrected chi connectivity index (χ4v) is 0.780. The number of carbonyl (C=O) groups excluding carboxylic acids is 3. The van der Waals surface area contributed by atoms with Gasteiger partial charge in [-0.15, -0.1) is 0 Å². The summed E-state index contributed by atoms with van der Waals surface area (Å²) in [6.07, 6.45) is -0.122. The molecule has 0 heterocycles. The number of esters is 1. The minimum atomic E-state index is -0.559. The number of Topliss-reactive ketones (excluding diaryl/α,β-unsaturated/α-hetero) is 2. The van der Waals surface area contributed by atoms with Crippen molar-refractivity contribution in [3.63, 3.8) is 0 Å². The van der Waals surface area contributed by atoms with Gasteiger partial charge in [-0.3, -0.25) is 14.4 Å². The van der Waals surface area contributed by atoms with E-state index in [9.17, 15) is 14.4 Å². The minimum Gasteiger partial charge on any atom is -0.466 e. The first-order valence-corrected chi connectivity index (χ1v) is 4.29. The van der Waals surface area contributed by atoms with Crippen LogP contribution >= 0.6 is 0 Å². The fourth-order valence-electron chi connectivity index (χ4n) is 0.780. The van der Waals surface area contributed by atoms with Gasteiger partial charge in [-0.1, -0.05) is 6.92 Å². The SMILES string of the molecule is CCOC(=O)CC(=O)CC(=O)CC. The highest BCUT2D eigenvalue weighted by Gasteiger charge is 2.12. The van der Waals surface area contributed by atoms with Crippen LogP contribution in [0.1, 0.15) is 33.1 Å². The molecule has 0 aromatic rings. The first-order valence-electron chi connectivity index (χ1n) is 4.29. The van der Waals surface area contributed by atoms with Crippen molar-refractivity contribution < 1.29 is 19.1 Å². The van der Waals surface area contributed by atoms with E-state index >= 15 is 0 Å². The summed E-state index contributed by atoms with van der Waals surface area (Å²) in [5.41, 5.74) is 0. The molecule has 0 atom stereocenters. The molecule has 0 unspecified atom stereocenters. The topological polar surface area (TPSA) is 60.4 Å². The highest BCUT2D eigenvalue weighted by atomic mass is 16.5. The molecular formula is C9H14O4. The lowest BCUT2D eigenvalue weighted by atomic mass is 10.1. The predicted molar refractivity (Wildman–Crippen MR) is 46.2 cm³/mol. The summed E-state index contributed by atoms with van der Waals surface area (Å²) in [4.78, 5) is 32.5. The molecule has 0 spiro atoms. The van der Waals surface area contributed by atoms with Crippen molar-refractivity contribution in [2.24, 2.45) is 0 Å². The van der Waals surface area contributed by atoms with Crippen LogP contribution in [0.4, 0.5) is 0 Å². The molecule has 0 saturated heterocycles. The Kier molecular flexibility index (Phi) is 5.76. The number of carbonyl (C=O) groups is 3.